The van der Waals surface area contributed by atoms with Gasteiger partial charge >= 0.3 is 0 Å². The number of ether oxygens (including phenoxy) is 4. The summed E-state index contributed by atoms with van der Waals surface area (Å²) in [6.45, 7) is 2.92. The van der Waals surface area contributed by atoms with Gasteiger partial charge in [-0.1, -0.05) is 54.6 Å². The first kappa shape index (κ1) is 19.9. The van der Waals surface area contributed by atoms with Crippen LogP contribution in [-0.2, 0) is 6.42 Å². The highest BCUT2D eigenvalue weighted by Crippen LogP contribution is 2.28. The van der Waals surface area contributed by atoms with Gasteiger partial charge in [0.2, 0.25) is 0 Å². The van der Waals surface area contributed by atoms with E-state index >= 15 is 0 Å². The van der Waals surface area contributed by atoms with Crippen LogP contribution in [0.1, 0.15) is 17.5 Å². The van der Waals surface area contributed by atoms with Crippen molar-refractivity contribution in [2.45, 2.75) is 12.8 Å². The molecule has 0 fully saturated rings. The average molecular weight is 402 g/mol. The van der Waals surface area contributed by atoms with E-state index in [-0.39, 0.29) is 0 Å². The number of benzene rings is 3. The van der Waals surface area contributed by atoms with Gasteiger partial charge in [0.05, 0.1) is 6.61 Å². The largest absolute Gasteiger partial charge is 0.493 e. The zero-order chi connectivity index (χ0) is 20.4. The quantitative estimate of drug-likeness (QED) is 0.493. The Labute approximate surface area is 177 Å². The Balaban J connectivity index is 0.000000109. The van der Waals surface area contributed by atoms with Gasteiger partial charge in [-0.25, -0.2) is 0 Å². The monoisotopic (exact) mass is 402 g/mol. The Morgan fingerprint density at radius 1 is 0.533 bits per heavy atom. The molecular formula is C26H26O4. The Morgan fingerprint density at radius 2 is 1.13 bits per heavy atom. The van der Waals surface area contributed by atoms with E-state index in [1.807, 2.05) is 66.7 Å². The lowest BCUT2D eigenvalue weighted by molar-refractivity contribution is 0.171. The van der Waals surface area contributed by atoms with E-state index in [2.05, 4.69) is 18.2 Å². The molecule has 0 saturated carbocycles. The molecule has 0 atom stereocenters. The van der Waals surface area contributed by atoms with Crippen molar-refractivity contribution in [2.75, 3.05) is 26.4 Å². The molecule has 0 N–H and O–H groups in total. The summed E-state index contributed by atoms with van der Waals surface area (Å²) in [5.74, 6) is 3.78. The zero-order valence-electron chi connectivity index (χ0n) is 17.0. The number of hydrogen-bond acceptors (Lipinski definition) is 4. The summed E-state index contributed by atoms with van der Waals surface area (Å²) in [6.07, 6.45) is 6.44. The van der Waals surface area contributed by atoms with Gasteiger partial charge in [-0.05, 0) is 48.7 Å². The smallest absolute Gasteiger partial charge is 0.161 e. The van der Waals surface area contributed by atoms with E-state index in [0.29, 0.717) is 19.8 Å². The molecule has 0 bridgehead atoms. The molecule has 0 aliphatic carbocycles. The van der Waals surface area contributed by atoms with Crippen LogP contribution in [0, 0.1) is 0 Å². The van der Waals surface area contributed by atoms with E-state index in [1.54, 1.807) is 0 Å². The summed E-state index contributed by atoms with van der Waals surface area (Å²) in [4.78, 5) is 0. The normalized spacial score (nSPS) is 14.8. The zero-order valence-corrected chi connectivity index (χ0v) is 17.0. The van der Waals surface area contributed by atoms with Gasteiger partial charge in [0.1, 0.15) is 31.3 Å². The standard InChI is InChI=1S/C9H10O.C9H8O.C8H8O2/c2*1-2-6-9-8(4-1)5-3-7-10-9;1-2-4-8-7(3-1)9-5-6-10-8/h1-2,4,6H,3,5,7H2;1-6H,7H2;1-4H,5-6H2. The highest BCUT2D eigenvalue weighted by atomic mass is 16.6. The van der Waals surface area contributed by atoms with E-state index < -0.39 is 0 Å². The molecule has 3 heterocycles. The molecule has 0 spiro atoms. The second kappa shape index (κ2) is 10.4. The average Bonchev–Trinajstić information content (AvgIpc) is 2.85. The second-order valence-electron chi connectivity index (χ2n) is 6.95. The molecule has 4 heteroatoms. The lowest BCUT2D eigenvalue weighted by atomic mass is 10.1. The SMILES string of the molecule is C1=Cc2ccccc2OC1.c1ccc2c(c1)CCCO2.c1ccc2c(c1)OCCO2. The fourth-order valence-corrected chi connectivity index (χ4v) is 3.35. The molecule has 6 rings (SSSR count). The first-order chi connectivity index (χ1) is 14.9. The second-order valence-corrected chi connectivity index (χ2v) is 6.95. The van der Waals surface area contributed by atoms with Crippen molar-refractivity contribution in [3.8, 4) is 23.0 Å². The molecule has 0 unspecified atom stereocenters. The highest BCUT2D eigenvalue weighted by Gasteiger charge is 2.08. The maximum Gasteiger partial charge on any atom is 0.161 e. The Hall–Kier alpha value is -3.40. The van der Waals surface area contributed by atoms with Crippen molar-refractivity contribution in [3.05, 3.63) is 90.0 Å². The highest BCUT2D eigenvalue weighted by molar-refractivity contribution is 5.58. The van der Waals surface area contributed by atoms with Crippen molar-refractivity contribution in [3.63, 3.8) is 0 Å². The summed E-state index contributed by atoms with van der Waals surface area (Å²) >= 11 is 0. The molecule has 30 heavy (non-hydrogen) atoms. The summed E-state index contributed by atoms with van der Waals surface area (Å²) in [5, 5.41) is 0. The molecule has 4 nitrogen and oxygen atoms in total. The fraction of sp³-hybridized carbons (Fsp3) is 0.231. The predicted molar refractivity (Wildman–Crippen MR) is 119 cm³/mol. The van der Waals surface area contributed by atoms with Crippen LogP contribution in [0.3, 0.4) is 0 Å². The van der Waals surface area contributed by atoms with Gasteiger partial charge < -0.3 is 18.9 Å². The van der Waals surface area contributed by atoms with Crippen LogP contribution < -0.4 is 18.9 Å². The topological polar surface area (TPSA) is 36.9 Å². The van der Waals surface area contributed by atoms with Gasteiger partial charge in [0.15, 0.2) is 11.5 Å². The fourth-order valence-electron chi connectivity index (χ4n) is 3.35. The van der Waals surface area contributed by atoms with Gasteiger partial charge in [-0.2, -0.15) is 0 Å². The van der Waals surface area contributed by atoms with Crippen molar-refractivity contribution in [1.29, 1.82) is 0 Å². The number of fused-ring (bicyclic) bond motifs is 3. The van der Waals surface area contributed by atoms with E-state index in [9.17, 15) is 0 Å². The molecule has 3 aliphatic rings. The van der Waals surface area contributed by atoms with Crippen molar-refractivity contribution >= 4 is 6.08 Å². The third kappa shape index (κ3) is 5.35. The first-order valence-corrected chi connectivity index (χ1v) is 10.3. The van der Waals surface area contributed by atoms with Crippen LogP contribution in [0.4, 0.5) is 0 Å². The summed E-state index contributed by atoms with van der Waals surface area (Å²) < 4.78 is 21.4. The minimum absolute atomic E-state index is 0.664. The molecular weight excluding hydrogens is 376 g/mol. The van der Waals surface area contributed by atoms with Crippen molar-refractivity contribution in [2.24, 2.45) is 0 Å². The van der Waals surface area contributed by atoms with Crippen LogP contribution in [-0.4, -0.2) is 26.4 Å². The minimum Gasteiger partial charge on any atom is -0.493 e. The predicted octanol–water partition coefficient (Wildman–Crippen LogP) is 5.56. The molecule has 154 valence electrons. The molecule has 0 aromatic heterocycles. The van der Waals surface area contributed by atoms with Crippen LogP contribution >= 0.6 is 0 Å². The van der Waals surface area contributed by atoms with E-state index in [1.165, 1.54) is 17.5 Å². The number of aryl methyl sites for hydroxylation is 1. The minimum atomic E-state index is 0.664. The van der Waals surface area contributed by atoms with Crippen molar-refractivity contribution < 1.29 is 18.9 Å². The number of para-hydroxylation sites is 4. The van der Waals surface area contributed by atoms with E-state index in [4.69, 9.17) is 18.9 Å². The number of hydrogen-bond donors (Lipinski definition) is 0. The molecule has 0 amide bonds. The summed E-state index contributed by atoms with van der Waals surface area (Å²) in [5.41, 5.74) is 2.53. The lowest BCUT2D eigenvalue weighted by Crippen LogP contribution is -2.14. The Morgan fingerprint density at radius 3 is 1.83 bits per heavy atom. The maximum atomic E-state index is 5.42. The lowest BCUT2D eigenvalue weighted by Gasteiger charge is -2.17. The molecule has 3 aromatic rings. The van der Waals surface area contributed by atoms with Gasteiger partial charge in [0.25, 0.3) is 0 Å². The third-order valence-electron chi connectivity index (χ3n) is 4.82. The van der Waals surface area contributed by atoms with Gasteiger partial charge in [-0.3, -0.25) is 0 Å². The molecule has 3 aromatic carbocycles. The molecule has 0 radical (unpaired) electrons. The van der Waals surface area contributed by atoms with Gasteiger partial charge in [-0.15, -0.1) is 0 Å². The summed E-state index contributed by atoms with van der Waals surface area (Å²) in [6, 6.07) is 24.0. The molecule has 0 saturated heterocycles. The molecule has 3 aliphatic heterocycles. The van der Waals surface area contributed by atoms with Crippen LogP contribution in [0.5, 0.6) is 23.0 Å². The van der Waals surface area contributed by atoms with Gasteiger partial charge in [0, 0.05) is 5.56 Å². The van der Waals surface area contributed by atoms with E-state index in [0.717, 1.165) is 36.0 Å². The maximum absolute atomic E-state index is 5.42. The van der Waals surface area contributed by atoms with Crippen molar-refractivity contribution in [1.82, 2.24) is 0 Å². The number of rotatable bonds is 0. The first-order valence-electron chi connectivity index (χ1n) is 10.3. The van der Waals surface area contributed by atoms with Crippen LogP contribution in [0.2, 0.25) is 0 Å². The summed E-state index contributed by atoms with van der Waals surface area (Å²) in [7, 11) is 0. The Kier molecular flexibility index (Phi) is 6.90. The van der Waals surface area contributed by atoms with Crippen LogP contribution in [0.15, 0.2) is 78.9 Å². The Bertz CT molecular complexity index is 879. The third-order valence-corrected chi connectivity index (χ3v) is 4.82. The van der Waals surface area contributed by atoms with Crippen LogP contribution in [0.25, 0.3) is 6.08 Å².